The minimum atomic E-state index is -0.0428. The largest absolute Gasteiger partial charge is 0.361 e. The molecule has 96 valence electrons. The predicted octanol–water partition coefficient (Wildman–Crippen LogP) is 3.66. The molecule has 1 amide bonds. The van der Waals surface area contributed by atoms with Gasteiger partial charge in [-0.05, 0) is 29.8 Å². The maximum atomic E-state index is 12.1. The lowest BCUT2D eigenvalue weighted by atomic mass is 10.0. The molecular formula is C17H12N2O. The first-order valence-electron chi connectivity index (χ1n) is 6.51. The van der Waals surface area contributed by atoms with E-state index < -0.39 is 0 Å². The van der Waals surface area contributed by atoms with Crippen LogP contribution in [0.15, 0.2) is 54.7 Å². The molecule has 2 aromatic carbocycles. The molecule has 0 atom stereocenters. The summed E-state index contributed by atoms with van der Waals surface area (Å²) < 4.78 is 0. The third kappa shape index (κ3) is 1.57. The number of carbonyl (C=O) groups excluding carboxylic acids is 1. The van der Waals surface area contributed by atoms with E-state index >= 15 is 0 Å². The van der Waals surface area contributed by atoms with Gasteiger partial charge in [-0.25, -0.2) is 0 Å². The molecule has 1 aromatic heterocycles. The second kappa shape index (κ2) is 4.10. The summed E-state index contributed by atoms with van der Waals surface area (Å²) in [5.74, 6) is -0.0428. The van der Waals surface area contributed by atoms with Crippen LogP contribution in [-0.4, -0.2) is 10.9 Å². The highest BCUT2D eigenvalue weighted by molar-refractivity contribution is 6.35. The number of carbonyl (C=O) groups is 1. The van der Waals surface area contributed by atoms with Crippen molar-refractivity contribution in [2.45, 2.75) is 0 Å². The first kappa shape index (κ1) is 11.1. The molecule has 20 heavy (non-hydrogen) atoms. The molecule has 0 radical (unpaired) electrons. The number of amides is 1. The topological polar surface area (TPSA) is 44.9 Å². The Labute approximate surface area is 115 Å². The maximum absolute atomic E-state index is 12.1. The molecule has 0 aliphatic carbocycles. The second-order valence-corrected chi connectivity index (χ2v) is 4.84. The lowest BCUT2D eigenvalue weighted by Gasteiger charge is -2.00. The Morgan fingerprint density at radius 3 is 2.80 bits per heavy atom. The third-order valence-corrected chi connectivity index (χ3v) is 3.64. The van der Waals surface area contributed by atoms with Crippen LogP contribution in [0.1, 0.15) is 11.1 Å². The van der Waals surface area contributed by atoms with Crippen LogP contribution in [-0.2, 0) is 4.79 Å². The standard InChI is InChI=1S/C17H12N2O/c20-17-14(13-5-1-2-6-16(13)19-17)10-11-4-3-7-15-12(11)8-9-18-15/h1-10,18H,(H,19,20)/b14-10+. The maximum Gasteiger partial charge on any atom is 0.256 e. The zero-order chi connectivity index (χ0) is 13.5. The van der Waals surface area contributed by atoms with Gasteiger partial charge in [0.25, 0.3) is 5.91 Å². The van der Waals surface area contributed by atoms with E-state index in [4.69, 9.17) is 0 Å². The number of hydrogen-bond acceptors (Lipinski definition) is 1. The van der Waals surface area contributed by atoms with E-state index in [-0.39, 0.29) is 5.91 Å². The number of aromatic amines is 1. The van der Waals surface area contributed by atoms with Crippen LogP contribution >= 0.6 is 0 Å². The Bertz CT molecular complexity index is 858. The average molecular weight is 260 g/mol. The van der Waals surface area contributed by atoms with Gasteiger partial charge in [0.15, 0.2) is 0 Å². The van der Waals surface area contributed by atoms with Gasteiger partial charge in [0.1, 0.15) is 0 Å². The van der Waals surface area contributed by atoms with Crippen molar-refractivity contribution < 1.29 is 4.79 Å². The normalized spacial score (nSPS) is 15.6. The fourth-order valence-electron chi connectivity index (χ4n) is 2.67. The SMILES string of the molecule is O=C1Nc2ccccc2/C1=C\c1cccc2[nH]ccc12. The van der Waals surface area contributed by atoms with Gasteiger partial charge >= 0.3 is 0 Å². The second-order valence-electron chi connectivity index (χ2n) is 4.84. The van der Waals surface area contributed by atoms with E-state index in [1.165, 1.54) is 0 Å². The van der Waals surface area contributed by atoms with Crippen molar-refractivity contribution in [1.29, 1.82) is 0 Å². The fourth-order valence-corrected chi connectivity index (χ4v) is 2.67. The Balaban J connectivity index is 1.93. The fraction of sp³-hybridized carbons (Fsp3) is 0. The van der Waals surface area contributed by atoms with Crippen molar-refractivity contribution >= 4 is 34.1 Å². The van der Waals surface area contributed by atoms with Crippen LogP contribution in [0.5, 0.6) is 0 Å². The van der Waals surface area contributed by atoms with Crippen LogP contribution in [0.25, 0.3) is 22.6 Å². The number of hydrogen-bond donors (Lipinski definition) is 2. The van der Waals surface area contributed by atoms with E-state index in [9.17, 15) is 4.79 Å². The highest BCUT2D eigenvalue weighted by atomic mass is 16.2. The van der Waals surface area contributed by atoms with E-state index in [0.717, 1.165) is 27.7 Å². The molecule has 0 saturated carbocycles. The highest BCUT2D eigenvalue weighted by Gasteiger charge is 2.23. The molecule has 0 spiro atoms. The Morgan fingerprint density at radius 2 is 1.85 bits per heavy atom. The number of rotatable bonds is 1. The summed E-state index contributed by atoms with van der Waals surface area (Å²) in [5, 5.41) is 4.02. The van der Waals surface area contributed by atoms with Crippen LogP contribution in [0.4, 0.5) is 5.69 Å². The number of para-hydroxylation sites is 1. The molecule has 1 aliphatic rings. The molecule has 2 N–H and O–H groups in total. The molecule has 0 saturated heterocycles. The van der Waals surface area contributed by atoms with E-state index in [0.29, 0.717) is 5.57 Å². The van der Waals surface area contributed by atoms with Crippen LogP contribution in [0.2, 0.25) is 0 Å². The minimum Gasteiger partial charge on any atom is -0.361 e. The number of aromatic nitrogens is 1. The van der Waals surface area contributed by atoms with Gasteiger partial charge in [-0.2, -0.15) is 0 Å². The zero-order valence-corrected chi connectivity index (χ0v) is 10.7. The Kier molecular flexibility index (Phi) is 2.27. The molecule has 0 bridgehead atoms. The first-order chi connectivity index (χ1) is 9.83. The highest BCUT2D eigenvalue weighted by Crippen LogP contribution is 2.33. The average Bonchev–Trinajstić information content (AvgIpc) is 3.05. The number of benzene rings is 2. The number of nitrogens with one attached hydrogen (secondary N) is 2. The van der Waals surface area contributed by atoms with Gasteiger partial charge in [-0.3, -0.25) is 4.79 Å². The Hall–Kier alpha value is -2.81. The van der Waals surface area contributed by atoms with Crippen molar-refractivity contribution in [2.24, 2.45) is 0 Å². The molecule has 1 aliphatic heterocycles. The van der Waals surface area contributed by atoms with E-state index in [1.807, 2.05) is 60.8 Å². The van der Waals surface area contributed by atoms with E-state index in [1.54, 1.807) is 0 Å². The minimum absolute atomic E-state index is 0.0428. The van der Waals surface area contributed by atoms with Gasteiger partial charge in [0.2, 0.25) is 0 Å². The molecule has 0 fully saturated rings. The monoisotopic (exact) mass is 260 g/mol. The first-order valence-corrected chi connectivity index (χ1v) is 6.51. The lowest BCUT2D eigenvalue weighted by molar-refractivity contribution is -0.110. The zero-order valence-electron chi connectivity index (χ0n) is 10.7. The summed E-state index contributed by atoms with van der Waals surface area (Å²) in [6.45, 7) is 0. The van der Waals surface area contributed by atoms with Gasteiger partial charge in [-0.15, -0.1) is 0 Å². The van der Waals surface area contributed by atoms with Crippen molar-refractivity contribution in [3.8, 4) is 0 Å². The molecule has 3 heteroatoms. The molecule has 3 aromatic rings. The number of H-pyrrole nitrogens is 1. The van der Waals surface area contributed by atoms with Crippen molar-refractivity contribution in [3.63, 3.8) is 0 Å². The van der Waals surface area contributed by atoms with Crippen molar-refractivity contribution in [1.82, 2.24) is 4.98 Å². The smallest absolute Gasteiger partial charge is 0.256 e. The molecule has 3 nitrogen and oxygen atoms in total. The van der Waals surface area contributed by atoms with Crippen molar-refractivity contribution in [2.75, 3.05) is 5.32 Å². The van der Waals surface area contributed by atoms with Crippen molar-refractivity contribution in [3.05, 3.63) is 65.9 Å². The lowest BCUT2D eigenvalue weighted by Crippen LogP contribution is -2.03. The molecule has 0 unspecified atom stereocenters. The summed E-state index contributed by atoms with van der Waals surface area (Å²) in [4.78, 5) is 15.3. The van der Waals surface area contributed by atoms with Gasteiger partial charge in [-0.1, -0.05) is 30.3 Å². The molecular weight excluding hydrogens is 248 g/mol. The van der Waals surface area contributed by atoms with Gasteiger partial charge in [0.05, 0.1) is 0 Å². The summed E-state index contributed by atoms with van der Waals surface area (Å²) >= 11 is 0. The van der Waals surface area contributed by atoms with Gasteiger partial charge < -0.3 is 10.3 Å². The molecule has 2 heterocycles. The third-order valence-electron chi connectivity index (χ3n) is 3.64. The number of anilines is 1. The summed E-state index contributed by atoms with van der Waals surface area (Å²) in [7, 11) is 0. The quantitative estimate of drug-likeness (QED) is 0.644. The van der Waals surface area contributed by atoms with Crippen LogP contribution in [0.3, 0.4) is 0 Å². The Morgan fingerprint density at radius 1 is 0.950 bits per heavy atom. The van der Waals surface area contributed by atoms with E-state index in [2.05, 4.69) is 10.3 Å². The summed E-state index contributed by atoms with van der Waals surface area (Å²) in [5.41, 5.74) is 4.68. The number of fused-ring (bicyclic) bond motifs is 2. The predicted molar refractivity (Wildman–Crippen MR) is 81.2 cm³/mol. The summed E-state index contributed by atoms with van der Waals surface area (Å²) in [6, 6.07) is 15.8. The van der Waals surface area contributed by atoms with Gasteiger partial charge in [0, 0.05) is 33.9 Å². The summed E-state index contributed by atoms with van der Waals surface area (Å²) in [6.07, 6.45) is 3.87. The van der Waals surface area contributed by atoms with Crippen LogP contribution in [0, 0.1) is 0 Å². The van der Waals surface area contributed by atoms with Crippen LogP contribution < -0.4 is 5.32 Å². The molecule has 4 rings (SSSR count).